The van der Waals surface area contributed by atoms with Crippen LogP contribution in [0.3, 0.4) is 0 Å². The number of nitrogens with zero attached hydrogens (tertiary/aromatic N) is 1. The molecular weight excluding hydrogens is 232 g/mol. The Hall–Kier alpha value is -1.80. The van der Waals surface area contributed by atoms with E-state index in [9.17, 15) is 0 Å². The highest BCUT2D eigenvalue weighted by Crippen LogP contribution is 2.21. The number of nitrogens with two attached hydrogens (primary N) is 1. The van der Waals surface area contributed by atoms with Crippen molar-refractivity contribution in [2.45, 2.75) is 19.4 Å². The quantitative estimate of drug-likeness (QED) is 0.851. The van der Waals surface area contributed by atoms with E-state index in [-0.39, 0.29) is 0 Å². The largest absolute Gasteiger partial charge is 0.399 e. The Balaban J connectivity index is 1.61. The van der Waals surface area contributed by atoms with Crippen molar-refractivity contribution < 1.29 is 0 Å². The van der Waals surface area contributed by atoms with Crippen LogP contribution in [-0.4, -0.2) is 18.0 Å². The number of anilines is 1. The zero-order chi connectivity index (χ0) is 13.1. The van der Waals surface area contributed by atoms with Gasteiger partial charge in [-0.25, -0.2) is 0 Å². The van der Waals surface area contributed by atoms with Gasteiger partial charge in [-0.15, -0.1) is 0 Å². The summed E-state index contributed by atoms with van der Waals surface area (Å²) < 4.78 is 0. The van der Waals surface area contributed by atoms with E-state index in [1.807, 2.05) is 6.07 Å². The summed E-state index contributed by atoms with van der Waals surface area (Å²) >= 11 is 0. The Morgan fingerprint density at radius 1 is 1.00 bits per heavy atom. The van der Waals surface area contributed by atoms with E-state index < -0.39 is 0 Å². The maximum atomic E-state index is 5.84. The molecular formula is C17H20N2. The van der Waals surface area contributed by atoms with E-state index in [2.05, 4.69) is 47.4 Å². The minimum absolute atomic E-state index is 0.886. The van der Waals surface area contributed by atoms with Crippen molar-refractivity contribution in [1.82, 2.24) is 4.90 Å². The van der Waals surface area contributed by atoms with Crippen LogP contribution in [0.2, 0.25) is 0 Å². The van der Waals surface area contributed by atoms with Gasteiger partial charge in [-0.05, 0) is 41.7 Å². The minimum Gasteiger partial charge on any atom is -0.399 e. The summed E-state index contributed by atoms with van der Waals surface area (Å²) in [7, 11) is 0. The number of rotatable bonds is 3. The molecule has 3 rings (SSSR count). The van der Waals surface area contributed by atoms with E-state index in [0.29, 0.717) is 0 Å². The number of hydrogen-bond acceptors (Lipinski definition) is 2. The molecule has 0 aliphatic carbocycles. The highest BCUT2D eigenvalue weighted by Gasteiger charge is 2.15. The first-order valence-corrected chi connectivity index (χ1v) is 6.95. The third kappa shape index (κ3) is 2.96. The molecule has 0 bridgehead atoms. The zero-order valence-corrected chi connectivity index (χ0v) is 11.2. The van der Waals surface area contributed by atoms with Gasteiger partial charge in [0.25, 0.3) is 0 Å². The monoisotopic (exact) mass is 252 g/mol. The van der Waals surface area contributed by atoms with Crippen molar-refractivity contribution in [3.8, 4) is 0 Å². The van der Waals surface area contributed by atoms with E-state index in [4.69, 9.17) is 5.73 Å². The summed E-state index contributed by atoms with van der Waals surface area (Å²) in [6.07, 6.45) is 2.25. The summed E-state index contributed by atoms with van der Waals surface area (Å²) in [5.74, 6) is 0. The van der Waals surface area contributed by atoms with Gasteiger partial charge in [0.2, 0.25) is 0 Å². The van der Waals surface area contributed by atoms with Crippen molar-refractivity contribution in [2.75, 3.05) is 18.8 Å². The Morgan fingerprint density at radius 2 is 1.84 bits per heavy atom. The van der Waals surface area contributed by atoms with Crippen LogP contribution >= 0.6 is 0 Å². The molecule has 2 heteroatoms. The van der Waals surface area contributed by atoms with Crippen molar-refractivity contribution in [1.29, 1.82) is 0 Å². The van der Waals surface area contributed by atoms with Crippen LogP contribution in [0.4, 0.5) is 5.69 Å². The van der Waals surface area contributed by atoms with Gasteiger partial charge in [-0.1, -0.05) is 36.4 Å². The summed E-state index contributed by atoms with van der Waals surface area (Å²) in [6, 6.07) is 17.0. The van der Waals surface area contributed by atoms with Crippen LogP contribution < -0.4 is 5.73 Å². The molecule has 1 aliphatic heterocycles. The van der Waals surface area contributed by atoms with Crippen molar-refractivity contribution >= 4 is 5.69 Å². The lowest BCUT2D eigenvalue weighted by Crippen LogP contribution is -2.32. The lowest BCUT2D eigenvalue weighted by atomic mass is 9.98. The predicted molar refractivity (Wildman–Crippen MR) is 80.0 cm³/mol. The van der Waals surface area contributed by atoms with Gasteiger partial charge in [-0.3, -0.25) is 4.90 Å². The van der Waals surface area contributed by atoms with E-state index in [0.717, 1.165) is 38.2 Å². The average Bonchev–Trinajstić information content (AvgIpc) is 2.46. The SMILES string of the molecule is Nc1ccc2c(c1)CCN(CCc1ccccc1)C2. The molecule has 0 saturated carbocycles. The number of nitrogen functional groups attached to an aromatic ring is 1. The van der Waals surface area contributed by atoms with E-state index in [1.165, 1.54) is 16.7 Å². The van der Waals surface area contributed by atoms with Crippen LogP contribution in [0.15, 0.2) is 48.5 Å². The molecule has 2 nitrogen and oxygen atoms in total. The number of fused-ring (bicyclic) bond motifs is 1. The van der Waals surface area contributed by atoms with Gasteiger partial charge in [0.1, 0.15) is 0 Å². The Labute approximate surface area is 114 Å². The molecule has 0 aromatic heterocycles. The molecule has 2 N–H and O–H groups in total. The molecule has 2 aromatic rings. The lowest BCUT2D eigenvalue weighted by molar-refractivity contribution is 0.257. The summed E-state index contributed by atoms with van der Waals surface area (Å²) in [5, 5.41) is 0. The molecule has 98 valence electrons. The van der Waals surface area contributed by atoms with E-state index in [1.54, 1.807) is 0 Å². The van der Waals surface area contributed by atoms with Gasteiger partial charge in [0.15, 0.2) is 0 Å². The van der Waals surface area contributed by atoms with Gasteiger partial charge in [0, 0.05) is 25.3 Å². The van der Waals surface area contributed by atoms with Crippen LogP contribution in [0.5, 0.6) is 0 Å². The summed E-state index contributed by atoms with van der Waals surface area (Å²) in [5.41, 5.74) is 11.0. The van der Waals surface area contributed by atoms with Gasteiger partial charge < -0.3 is 5.73 Å². The normalized spacial score (nSPS) is 15.2. The smallest absolute Gasteiger partial charge is 0.0316 e. The zero-order valence-electron chi connectivity index (χ0n) is 11.2. The molecule has 1 aliphatic rings. The van der Waals surface area contributed by atoms with Crippen molar-refractivity contribution in [3.63, 3.8) is 0 Å². The first kappa shape index (κ1) is 12.2. The van der Waals surface area contributed by atoms with Gasteiger partial charge >= 0.3 is 0 Å². The second-order valence-corrected chi connectivity index (χ2v) is 5.29. The maximum Gasteiger partial charge on any atom is 0.0316 e. The lowest BCUT2D eigenvalue weighted by Gasteiger charge is -2.28. The summed E-state index contributed by atoms with van der Waals surface area (Å²) in [6.45, 7) is 3.33. The second-order valence-electron chi connectivity index (χ2n) is 5.29. The molecule has 1 heterocycles. The fourth-order valence-corrected chi connectivity index (χ4v) is 2.75. The second kappa shape index (κ2) is 5.45. The first-order valence-electron chi connectivity index (χ1n) is 6.95. The standard InChI is InChI=1S/C17H20N2/c18-17-7-6-16-13-19(11-9-15(16)12-17)10-8-14-4-2-1-3-5-14/h1-7,12H,8-11,13,18H2. The third-order valence-corrected chi connectivity index (χ3v) is 3.88. The molecule has 0 fully saturated rings. The fourth-order valence-electron chi connectivity index (χ4n) is 2.75. The maximum absolute atomic E-state index is 5.84. The van der Waals surface area contributed by atoms with Gasteiger partial charge in [0.05, 0.1) is 0 Å². The molecule has 0 saturated heterocycles. The number of benzene rings is 2. The van der Waals surface area contributed by atoms with E-state index >= 15 is 0 Å². The summed E-state index contributed by atoms with van der Waals surface area (Å²) in [4.78, 5) is 2.53. The minimum atomic E-state index is 0.886. The molecule has 2 aromatic carbocycles. The molecule has 0 amide bonds. The highest BCUT2D eigenvalue weighted by atomic mass is 15.1. The topological polar surface area (TPSA) is 29.3 Å². The first-order chi connectivity index (χ1) is 9.31. The van der Waals surface area contributed by atoms with Crippen LogP contribution in [0, 0.1) is 0 Å². The number of hydrogen-bond donors (Lipinski definition) is 1. The Kier molecular flexibility index (Phi) is 3.51. The highest BCUT2D eigenvalue weighted by molar-refractivity contribution is 5.45. The Bertz CT molecular complexity index is 548. The van der Waals surface area contributed by atoms with Gasteiger partial charge in [-0.2, -0.15) is 0 Å². The fraction of sp³-hybridized carbons (Fsp3) is 0.294. The molecule has 19 heavy (non-hydrogen) atoms. The molecule has 0 atom stereocenters. The molecule has 0 spiro atoms. The third-order valence-electron chi connectivity index (χ3n) is 3.88. The van der Waals surface area contributed by atoms with Crippen molar-refractivity contribution in [2.24, 2.45) is 0 Å². The Morgan fingerprint density at radius 3 is 2.68 bits per heavy atom. The average molecular weight is 252 g/mol. The predicted octanol–water partition coefficient (Wildman–Crippen LogP) is 2.87. The van der Waals surface area contributed by atoms with Crippen LogP contribution in [0.1, 0.15) is 16.7 Å². The van der Waals surface area contributed by atoms with Crippen LogP contribution in [-0.2, 0) is 19.4 Å². The molecule has 0 unspecified atom stereocenters. The molecule has 0 radical (unpaired) electrons. The van der Waals surface area contributed by atoms with Crippen molar-refractivity contribution in [3.05, 3.63) is 65.2 Å². The van der Waals surface area contributed by atoms with Crippen LogP contribution in [0.25, 0.3) is 0 Å².